The molecule has 1 heterocycles. The third-order valence-electron chi connectivity index (χ3n) is 4.91. The summed E-state index contributed by atoms with van der Waals surface area (Å²) in [5.41, 5.74) is 4.41. The molecule has 1 saturated heterocycles. The summed E-state index contributed by atoms with van der Waals surface area (Å²) in [6.45, 7) is 5.91. The zero-order valence-corrected chi connectivity index (χ0v) is 20.3. The average Bonchev–Trinajstić information content (AvgIpc) is 3.02. The van der Waals surface area contributed by atoms with E-state index in [2.05, 4.69) is 31.1 Å². The molecule has 0 aliphatic carbocycles. The number of hydrogen-bond donors (Lipinski definition) is 1. The van der Waals surface area contributed by atoms with Gasteiger partial charge in [0.2, 0.25) is 0 Å². The van der Waals surface area contributed by atoms with Gasteiger partial charge in [-0.1, -0.05) is 62.0 Å². The number of amides is 1. The molecule has 0 unspecified atom stereocenters. The molecule has 1 aliphatic rings. The molecule has 3 aromatic rings. The molecule has 1 fully saturated rings. The van der Waals surface area contributed by atoms with Gasteiger partial charge in [0, 0.05) is 10.9 Å². The molecule has 1 aliphatic heterocycles. The van der Waals surface area contributed by atoms with E-state index in [-0.39, 0.29) is 23.4 Å². The van der Waals surface area contributed by atoms with E-state index in [9.17, 15) is 13.2 Å². The largest absolute Gasteiger partial charge is 0.487 e. The predicted molar refractivity (Wildman–Crippen MR) is 129 cm³/mol. The molecule has 1 N–H and O–H groups in total. The highest BCUT2D eigenvalue weighted by Gasteiger charge is 2.38. The Bertz CT molecular complexity index is 1410. The Labute approximate surface area is 193 Å². The number of nitrogens with zero attached hydrogens (tertiary/aromatic N) is 1. The van der Waals surface area contributed by atoms with Crippen molar-refractivity contribution in [1.29, 1.82) is 0 Å². The minimum atomic E-state index is -4.23. The van der Waals surface area contributed by atoms with Gasteiger partial charge >= 0.3 is 10.2 Å². The van der Waals surface area contributed by atoms with Gasteiger partial charge in [-0.3, -0.25) is 4.79 Å². The fourth-order valence-corrected chi connectivity index (χ4v) is 5.06. The SMILES string of the molecule is C[Si](C)(C)C#Cc1ccc2cc(OCc3ccccc3)c(N3CC(=O)NS3(=O)=O)c(F)c2c1. The van der Waals surface area contributed by atoms with E-state index < -0.39 is 36.6 Å². The molecule has 170 valence electrons. The second-order valence-electron chi connectivity index (χ2n) is 8.78. The summed E-state index contributed by atoms with van der Waals surface area (Å²) in [4.78, 5) is 11.8. The maximum atomic E-state index is 15.9. The van der Waals surface area contributed by atoms with Crippen LogP contribution in [0, 0.1) is 17.3 Å². The molecule has 1 amide bonds. The van der Waals surface area contributed by atoms with Crippen LogP contribution in [-0.2, 0) is 21.6 Å². The van der Waals surface area contributed by atoms with Crippen molar-refractivity contribution in [1.82, 2.24) is 4.72 Å². The molecule has 0 spiro atoms. The zero-order chi connectivity index (χ0) is 23.8. The van der Waals surface area contributed by atoms with Crippen LogP contribution in [0.15, 0.2) is 54.6 Å². The number of hydrogen-bond acceptors (Lipinski definition) is 4. The Kier molecular flexibility index (Phi) is 5.90. The minimum Gasteiger partial charge on any atom is -0.487 e. The van der Waals surface area contributed by atoms with Crippen molar-refractivity contribution in [2.45, 2.75) is 26.2 Å². The molecule has 0 saturated carbocycles. The van der Waals surface area contributed by atoms with E-state index in [1.807, 2.05) is 35.1 Å². The normalized spacial score (nSPS) is 15.2. The molecule has 0 radical (unpaired) electrons. The molecule has 4 rings (SSSR count). The quantitative estimate of drug-likeness (QED) is 0.451. The van der Waals surface area contributed by atoms with Crippen molar-refractivity contribution in [3.63, 3.8) is 0 Å². The highest BCUT2D eigenvalue weighted by molar-refractivity contribution is 7.92. The molecule has 33 heavy (non-hydrogen) atoms. The molecule has 0 aromatic heterocycles. The Hall–Kier alpha value is -3.35. The number of halogens is 1. The van der Waals surface area contributed by atoms with Crippen LogP contribution in [0.4, 0.5) is 10.1 Å². The fourth-order valence-electron chi connectivity index (χ4n) is 3.38. The summed E-state index contributed by atoms with van der Waals surface area (Å²) < 4.78 is 49.4. The van der Waals surface area contributed by atoms with Crippen LogP contribution in [0.25, 0.3) is 10.8 Å². The maximum Gasteiger partial charge on any atom is 0.326 e. The summed E-state index contributed by atoms with van der Waals surface area (Å²) in [5.74, 6) is 1.60. The van der Waals surface area contributed by atoms with E-state index in [1.165, 1.54) is 0 Å². The van der Waals surface area contributed by atoms with Gasteiger partial charge in [-0.15, -0.1) is 5.54 Å². The van der Waals surface area contributed by atoms with Gasteiger partial charge < -0.3 is 4.74 Å². The number of rotatable bonds is 4. The second kappa shape index (κ2) is 8.54. The van der Waals surface area contributed by atoms with Gasteiger partial charge in [0.15, 0.2) is 5.82 Å². The maximum absolute atomic E-state index is 15.9. The zero-order valence-electron chi connectivity index (χ0n) is 18.5. The average molecular weight is 483 g/mol. The lowest BCUT2D eigenvalue weighted by atomic mass is 10.0. The third kappa shape index (κ3) is 5.02. The number of benzene rings is 3. The Morgan fingerprint density at radius 3 is 2.48 bits per heavy atom. The van der Waals surface area contributed by atoms with Gasteiger partial charge in [-0.05, 0) is 29.1 Å². The highest BCUT2D eigenvalue weighted by atomic mass is 32.2. The molecule has 0 bridgehead atoms. The standard InChI is InChI=1S/C24H23FN2O4SSi/c1-33(2,3)12-11-17-9-10-19-14-21(31-16-18-7-5-4-6-8-18)24(23(25)20(19)13-17)27-15-22(28)26-32(27,29)30/h4-10,13-14H,15-16H2,1-3H3,(H,26,28). The Morgan fingerprint density at radius 2 is 1.85 bits per heavy atom. The van der Waals surface area contributed by atoms with E-state index in [1.54, 1.807) is 24.3 Å². The molecule has 9 heteroatoms. The first-order chi connectivity index (χ1) is 15.5. The lowest BCUT2D eigenvalue weighted by Crippen LogP contribution is -2.30. The van der Waals surface area contributed by atoms with Crippen LogP contribution in [0.2, 0.25) is 19.6 Å². The molecule has 0 atom stereocenters. The predicted octanol–water partition coefficient (Wildman–Crippen LogP) is 3.97. The van der Waals surface area contributed by atoms with E-state index in [0.29, 0.717) is 15.3 Å². The van der Waals surface area contributed by atoms with Gasteiger partial charge in [-0.25, -0.2) is 13.4 Å². The first-order valence-electron chi connectivity index (χ1n) is 10.3. The number of nitrogens with one attached hydrogen (secondary N) is 1. The van der Waals surface area contributed by atoms with Crippen LogP contribution in [0.5, 0.6) is 5.75 Å². The fraction of sp³-hybridized carbons (Fsp3) is 0.208. The van der Waals surface area contributed by atoms with Crippen LogP contribution in [0.3, 0.4) is 0 Å². The summed E-state index contributed by atoms with van der Waals surface area (Å²) in [6.07, 6.45) is 0. The number of fused-ring (bicyclic) bond motifs is 1. The van der Waals surface area contributed by atoms with Gasteiger partial charge in [-0.2, -0.15) is 8.42 Å². The summed E-state index contributed by atoms with van der Waals surface area (Å²) >= 11 is 0. The highest BCUT2D eigenvalue weighted by Crippen LogP contribution is 2.39. The topological polar surface area (TPSA) is 75.7 Å². The monoisotopic (exact) mass is 482 g/mol. The summed E-state index contributed by atoms with van der Waals surface area (Å²) in [5, 5.41) is 0.739. The van der Waals surface area contributed by atoms with Crippen molar-refractivity contribution in [2.75, 3.05) is 10.8 Å². The number of ether oxygens (including phenoxy) is 1. The molecule has 6 nitrogen and oxygen atoms in total. The second-order valence-corrected chi connectivity index (χ2v) is 15.1. The molecular weight excluding hydrogens is 459 g/mol. The number of anilines is 1. The van der Waals surface area contributed by atoms with Crippen LogP contribution >= 0.6 is 0 Å². The van der Waals surface area contributed by atoms with E-state index in [0.717, 1.165) is 5.56 Å². The first-order valence-corrected chi connectivity index (χ1v) is 15.3. The first kappa shape index (κ1) is 22.8. The van der Waals surface area contributed by atoms with Gasteiger partial charge in [0.25, 0.3) is 5.91 Å². The summed E-state index contributed by atoms with van der Waals surface area (Å²) in [7, 11) is -5.87. The van der Waals surface area contributed by atoms with Crippen molar-refractivity contribution < 1.29 is 22.3 Å². The van der Waals surface area contributed by atoms with Crippen molar-refractivity contribution in [3.8, 4) is 17.2 Å². The smallest absolute Gasteiger partial charge is 0.326 e. The Balaban J connectivity index is 1.85. The van der Waals surface area contributed by atoms with Gasteiger partial charge in [0.05, 0.1) is 0 Å². The van der Waals surface area contributed by atoms with Crippen molar-refractivity contribution in [2.24, 2.45) is 0 Å². The third-order valence-corrected chi connectivity index (χ3v) is 7.16. The van der Waals surface area contributed by atoms with Crippen molar-refractivity contribution in [3.05, 3.63) is 71.5 Å². The number of carbonyl (C=O) groups is 1. The van der Waals surface area contributed by atoms with Crippen molar-refractivity contribution >= 4 is 40.7 Å². The van der Waals surface area contributed by atoms with E-state index >= 15 is 4.39 Å². The van der Waals surface area contributed by atoms with Crippen LogP contribution in [0.1, 0.15) is 11.1 Å². The lowest BCUT2D eigenvalue weighted by Gasteiger charge is -2.21. The lowest BCUT2D eigenvalue weighted by molar-refractivity contribution is -0.117. The molecular formula is C24H23FN2O4SSi. The minimum absolute atomic E-state index is 0.0323. The van der Waals surface area contributed by atoms with Crippen LogP contribution in [-0.4, -0.2) is 28.9 Å². The van der Waals surface area contributed by atoms with Gasteiger partial charge in [0.1, 0.15) is 32.7 Å². The summed E-state index contributed by atoms with van der Waals surface area (Å²) in [6, 6.07) is 16.0. The van der Waals surface area contributed by atoms with E-state index in [4.69, 9.17) is 4.74 Å². The molecule has 3 aromatic carbocycles. The number of carbonyl (C=O) groups excluding carboxylic acids is 1. The Morgan fingerprint density at radius 1 is 1.12 bits per heavy atom. The van der Waals surface area contributed by atoms with Crippen LogP contribution < -0.4 is 13.8 Å².